The van der Waals surface area contributed by atoms with Gasteiger partial charge >= 0.3 is 0 Å². The van der Waals surface area contributed by atoms with Crippen molar-refractivity contribution >= 4 is 21.9 Å². The molecule has 1 fully saturated rings. The summed E-state index contributed by atoms with van der Waals surface area (Å²) in [6.07, 6.45) is 8.98. The van der Waals surface area contributed by atoms with E-state index in [0.717, 1.165) is 22.9 Å². The molecule has 0 atom stereocenters. The molecule has 76 valence electrons. The van der Waals surface area contributed by atoms with Gasteiger partial charge in [-0.3, -0.25) is 0 Å². The number of aromatic nitrogens is 2. The van der Waals surface area contributed by atoms with Crippen molar-refractivity contribution < 1.29 is 0 Å². The van der Waals surface area contributed by atoms with Gasteiger partial charge in [0.25, 0.3) is 0 Å². The van der Waals surface area contributed by atoms with Crippen LogP contribution in [0.3, 0.4) is 0 Å². The largest absolute Gasteiger partial charge is 0.354 e. The molecule has 0 saturated heterocycles. The van der Waals surface area contributed by atoms with Crippen molar-refractivity contribution in [1.29, 1.82) is 0 Å². The van der Waals surface area contributed by atoms with Crippen LogP contribution in [0.4, 0.5) is 5.95 Å². The Balaban J connectivity index is 1.66. The molecule has 2 rings (SSSR count). The van der Waals surface area contributed by atoms with Crippen LogP contribution in [0.15, 0.2) is 16.9 Å². The van der Waals surface area contributed by atoms with E-state index in [4.69, 9.17) is 0 Å². The van der Waals surface area contributed by atoms with E-state index in [2.05, 4.69) is 31.2 Å². The van der Waals surface area contributed by atoms with E-state index < -0.39 is 0 Å². The summed E-state index contributed by atoms with van der Waals surface area (Å²) in [5.74, 6) is 1.74. The summed E-state index contributed by atoms with van der Waals surface area (Å²) in [6, 6.07) is 0. The van der Waals surface area contributed by atoms with E-state index in [0.29, 0.717) is 0 Å². The minimum atomic E-state index is 0.726. The monoisotopic (exact) mass is 255 g/mol. The van der Waals surface area contributed by atoms with Crippen molar-refractivity contribution in [3.63, 3.8) is 0 Å². The first-order valence-corrected chi connectivity index (χ1v) is 5.85. The Bertz CT molecular complexity index is 282. The van der Waals surface area contributed by atoms with Crippen molar-refractivity contribution in [1.82, 2.24) is 9.97 Å². The van der Waals surface area contributed by atoms with Crippen molar-refractivity contribution in [2.24, 2.45) is 5.92 Å². The van der Waals surface area contributed by atoms with Crippen LogP contribution in [0.2, 0.25) is 0 Å². The molecular weight excluding hydrogens is 242 g/mol. The third-order valence-electron chi connectivity index (χ3n) is 2.39. The highest BCUT2D eigenvalue weighted by molar-refractivity contribution is 9.10. The zero-order valence-electron chi connectivity index (χ0n) is 8.04. The first kappa shape index (κ1) is 9.90. The van der Waals surface area contributed by atoms with E-state index in [1.54, 1.807) is 12.4 Å². The molecule has 1 saturated carbocycles. The van der Waals surface area contributed by atoms with Crippen LogP contribution >= 0.6 is 15.9 Å². The van der Waals surface area contributed by atoms with Crippen molar-refractivity contribution in [3.8, 4) is 0 Å². The van der Waals surface area contributed by atoms with Crippen LogP contribution in [0.1, 0.15) is 25.7 Å². The lowest BCUT2D eigenvalue weighted by Crippen LogP contribution is -2.05. The first-order valence-electron chi connectivity index (χ1n) is 5.06. The summed E-state index contributed by atoms with van der Waals surface area (Å²) >= 11 is 3.30. The maximum Gasteiger partial charge on any atom is 0.222 e. The smallest absolute Gasteiger partial charge is 0.222 e. The highest BCUT2D eigenvalue weighted by Crippen LogP contribution is 2.33. The molecule has 0 spiro atoms. The van der Waals surface area contributed by atoms with E-state index in [9.17, 15) is 0 Å². The van der Waals surface area contributed by atoms with Gasteiger partial charge in [-0.05, 0) is 34.7 Å². The molecule has 0 unspecified atom stereocenters. The lowest BCUT2D eigenvalue weighted by molar-refractivity contribution is 0.685. The third-order valence-corrected chi connectivity index (χ3v) is 2.80. The average molecular weight is 256 g/mol. The van der Waals surface area contributed by atoms with Gasteiger partial charge in [0.05, 0.1) is 4.47 Å². The molecule has 0 bridgehead atoms. The molecule has 0 radical (unpaired) electrons. The average Bonchev–Trinajstić information content (AvgIpc) is 2.99. The van der Waals surface area contributed by atoms with Gasteiger partial charge in [-0.2, -0.15) is 0 Å². The molecule has 0 amide bonds. The van der Waals surface area contributed by atoms with E-state index >= 15 is 0 Å². The third kappa shape index (κ3) is 3.25. The molecule has 1 aromatic rings. The topological polar surface area (TPSA) is 37.8 Å². The molecule has 1 aromatic heterocycles. The van der Waals surface area contributed by atoms with Gasteiger partial charge in [0.1, 0.15) is 0 Å². The van der Waals surface area contributed by atoms with E-state index in [1.165, 1.54) is 25.7 Å². The number of hydrogen-bond donors (Lipinski definition) is 1. The molecule has 3 nitrogen and oxygen atoms in total. The molecule has 0 aromatic carbocycles. The molecule has 1 heterocycles. The fraction of sp³-hybridized carbons (Fsp3) is 0.600. The molecule has 1 aliphatic rings. The van der Waals surface area contributed by atoms with Crippen LogP contribution < -0.4 is 5.32 Å². The zero-order valence-corrected chi connectivity index (χ0v) is 9.63. The number of anilines is 1. The van der Waals surface area contributed by atoms with Crippen LogP contribution in [0.5, 0.6) is 0 Å². The van der Waals surface area contributed by atoms with Crippen molar-refractivity contribution in [2.75, 3.05) is 11.9 Å². The zero-order chi connectivity index (χ0) is 9.80. The highest BCUT2D eigenvalue weighted by atomic mass is 79.9. The molecule has 14 heavy (non-hydrogen) atoms. The van der Waals surface area contributed by atoms with Gasteiger partial charge < -0.3 is 5.32 Å². The summed E-state index contributed by atoms with van der Waals surface area (Å²) in [5, 5.41) is 3.21. The van der Waals surface area contributed by atoms with Crippen LogP contribution in [0, 0.1) is 5.92 Å². The van der Waals surface area contributed by atoms with Gasteiger partial charge in [0.2, 0.25) is 5.95 Å². The normalized spacial score (nSPS) is 15.5. The molecule has 1 N–H and O–H groups in total. The van der Waals surface area contributed by atoms with Gasteiger partial charge in [-0.25, -0.2) is 9.97 Å². The summed E-state index contributed by atoms with van der Waals surface area (Å²) in [7, 11) is 0. The fourth-order valence-corrected chi connectivity index (χ4v) is 1.61. The Morgan fingerprint density at radius 2 is 2.07 bits per heavy atom. The number of hydrogen-bond acceptors (Lipinski definition) is 3. The molecule has 0 aliphatic heterocycles. The summed E-state index contributed by atoms with van der Waals surface area (Å²) < 4.78 is 0.918. The number of nitrogens with one attached hydrogen (secondary N) is 1. The maximum absolute atomic E-state index is 4.14. The van der Waals surface area contributed by atoms with Gasteiger partial charge in [-0.1, -0.05) is 12.8 Å². The first-order chi connectivity index (χ1) is 6.84. The van der Waals surface area contributed by atoms with E-state index in [-0.39, 0.29) is 0 Å². The number of halogens is 1. The van der Waals surface area contributed by atoms with Crippen molar-refractivity contribution in [3.05, 3.63) is 16.9 Å². The van der Waals surface area contributed by atoms with Crippen molar-refractivity contribution in [2.45, 2.75) is 25.7 Å². The quantitative estimate of drug-likeness (QED) is 0.823. The SMILES string of the molecule is Brc1cnc(NCCCC2CC2)nc1. The second-order valence-corrected chi connectivity index (χ2v) is 4.65. The lowest BCUT2D eigenvalue weighted by atomic mass is 10.2. The van der Waals surface area contributed by atoms with Gasteiger partial charge in [0, 0.05) is 18.9 Å². The Labute approximate surface area is 92.5 Å². The Kier molecular flexibility index (Phi) is 3.35. The summed E-state index contributed by atoms with van der Waals surface area (Å²) in [5.41, 5.74) is 0. The molecule has 1 aliphatic carbocycles. The molecule has 4 heteroatoms. The number of nitrogens with zero attached hydrogens (tertiary/aromatic N) is 2. The summed E-state index contributed by atoms with van der Waals surface area (Å²) in [6.45, 7) is 0.984. The van der Waals surface area contributed by atoms with Crippen LogP contribution in [-0.2, 0) is 0 Å². The maximum atomic E-state index is 4.14. The minimum Gasteiger partial charge on any atom is -0.354 e. The second kappa shape index (κ2) is 4.73. The Morgan fingerprint density at radius 1 is 1.36 bits per heavy atom. The van der Waals surface area contributed by atoms with Gasteiger partial charge in [0.15, 0.2) is 0 Å². The Morgan fingerprint density at radius 3 is 2.71 bits per heavy atom. The predicted molar refractivity (Wildman–Crippen MR) is 60.2 cm³/mol. The number of rotatable bonds is 5. The van der Waals surface area contributed by atoms with E-state index in [1.807, 2.05) is 0 Å². The molecular formula is C10H14BrN3. The lowest BCUT2D eigenvalue weighted by Gasteiger charge is -2.03. The second-order valence-electron chi connectivity index (χ2n) is 3.74. The van der Waals surface area contributed by atoms with Gasteiger partial charge in [-0.15, -0.1) is 0 Å². The predicted octanol–water partition coefficient (Wildman–Crippen LogP) is 2.84. The highest BCUT2D eigenvalue weighted by Gasteiger charge is 2.19. The standard InChI is InChI=1S/C10H14BrN3/c11-9-6-13-10(14-7-9)12-5-1-2-8-3-4-8/h6-8H,1-5H2,(H,12,13,14). The summed E-state index contributed by atoms with van der Waals surface area (Å²) in [4.78, 5) is 8.28. The van der Waals surface area contributed by atoms with Crippen LogP contribution in [-0.4, -0.2) is 16.5 Å². The van der Waals surface area contributed by atoms with Crippen LogP contribution in [0.25, 0.3) is 0 Å². The fourth-order valence-electron chi connectivity index (χ4n) is 1.40. The Hall–Kier alpha value is -0.640. The minimum absolute atomic E-state index is 0.726.